The molecule has 1 aromatic rings. The molecular weight excluding hydrogens is 207 g/mol. The smallest absolute Gasteiger partial charge is 0.344 e. The molecule has 0 bridgehead atoms. The first-order valence-corrected chi connectivity index (χ1v) is 5.44. The number of carboxylic acid groups (broad SMARTS) is 1. The minimum absolute atomic E-state index is 0.105. The van der Waals surface area contributed by atoms with E-state index in [0.29, 0.717) is 0 Å². The highest BCUT2D eigenvalue weighted by Gasteiger charge is 2.36. The lowest BCUT2D eigenvalue weighted by Gasteiger charge is -2.13. The van der Waals surface area contributed by atoms with Crippen LogP contribution in [0.15, 0.2) is 30.3 Å². The van der Waals surface area contributed by atoms with Crippen LogP contribution in [-0.2, 0) is 9.36 Å². The molecule has 1 unspecified atom stereocenters. The SMILES string of the molecule is O=C(O)C(c1ccccc1)P(=O)(O)O. The van der Waals surface area contributed by atoms with Crippen molar-refractivity contribution in [2.45, 2.75) is 5.66 Å². The van der Waals surface area contributed by atoms with Gasteiger partial charge in [-0.15, -0.1) is 0 Å². The van der Waals surface area contributed by atoms with E-state index < -0.39 is 19.2 Å². The van der Waals surface area contributed by atoms with Gasteiger partial charge in [0, 0.05) is 0 Å². The van der Waals surface area contributed by atoms with Gasteiger partial charge in [-0.25, -0.2) is 0 Å². The Hall–Kier alpha value is -1.16. The highest BCUT2D eigenvalue weighted by molar-refractivity contribution is 7.53. The van der Waals surface area contributed by atoms with Gasteiger partial charge in [-0.1, -0.05) is 30.3 Å². The van der Waals surface area contributed by atoms with Crippen molar-refractivity contribution >= 4 is 13.6 Å². The van der Waals surface area contributed by atoms with Crippen molar-refractivity contribution in [1.82, 2.24) is 0 Å². The fourth-order valence-corrected chi connectivity index (χ4v) is 1.96. The topological polar surface area (TPSA) is 94.8 Å². The molecule has 6 heteroatoms. The van der Waals surface area contributed by atoms with Crippen LogP contribution < -0.4 is 0 Å². The van der Waals surface area contributed by atoms with Gasteiger partial charge in [-0.05, 0) is 5.56 Å². The maximum Gasteiger partial charge on any atom is 0.344 e. The lowest BCUT2D eigenvalue weighted by molar-refractivity contribution is -0.137. The average molecular weight is 216 g/mol. The third-order valence-corrected chi connectivity index (χ3v) is 2.88. The van der Waals surface area contributed by atoms with Crippen LogP contribution in [0.2, 0.25) is 0 Å². The first-order chi connectivity index (χ1) is 6.43. The third kappa shape index (κ3) is 2.42. The van der Waals surface area contributed by atoms with Crippen molar-refractivity contribution in [1.29, 1.82) is 0 Å². The largest absolute Gasteiger partial charge is 0.480 e. The minimum Gasteiger partial charge on any atom is -0.480 e. The number of hydrogen-bond donors (Lipinski definition) is 3. The lowest BCUT2D eigenvalue weighted by atomic mass is 10.1. The molecule has 0 fully saturated rings. The first kappa shape index (κ1) is 10.9. The van der Waals surface area contributed by atoms with Gasteiger partial charge in [0.25, 0.3) is 0 Å². The van der Waals surface area contributed by atoms with Crippen LogP contribution in [0.5, 0.6) is 0 Å². The van der Waals surface area contributed by atoms with Crippen molar-refractivity contribution in [2.75, 3.05) is 0 Å². The summed E-state index contributed by atoms with van der Waals surface area (Å²) in [5.41, 5.74) is -1.67. The predicted octanol–water partition coefficient (Wildman–Crippen LogP) is 0.990. The molecule has 1 atom stereocenters. The molecule has 76 valence electrons. The number of carbonyl (C=O) groups is 1. The molecule has 1 aromatic carbocycles. The Labute approximate surface area is 80.2 Å². The molecule has 0 radical (unpaired) electrons. The number of rotatable bonds is 3. The molecule has 0 spiro atoms. The molecule has 0 aliphatic carbocycles. The number of benzene rings is 1. The maximum absolute atomic E-state index is 10.9. The van der Waals surface area contributed by atoms with Crippen molar-refractivity contribution in [3.63, 3.8) is 0 Å². The molecule has 0 heterocycles. The molecule has 0 saturated heterocycles. The molecule has 0 amide bonds. The Bertz CT molecular complexity index is 369. The van der Waals surface area contributed by atoms with E-state index in [-0.39, 0.29) is 5.56 Å². The van der Waals surface area contributed by atoms with Crippen LogP contribution in [0.4, 0.5) is 0 Å². The molecule has 14 heavy (non-hydrogen) atoms. The average Bonchev–Trinajstić information content (AvgIpc) is 2.02. The fourth-order valence-electron chi connectivity index (χ4n) is 1.12. The Kier molecular flexibility index (Phi) is 3.06. The standard InChI is InChI=1S/C8H9O5P/c9-8(10)7(14(11,12)13)6-4-2-1-3-5-6/h1-5,7H,(H,9,10)(H2,11,12,13). The highest BCUT2D eigenvalue weighted by Crippen LogP contribution is 2.51. The highest BCUT2D eigenvalue weighted by atomic mass is 31.2. The van der Waals surface area contributed by atoms with E-state index in [4.69, 9.17) is 14.9 Å². The summed E-state index contributed by atoms with van der Waals surface area (Å²) >= 11 is 0. The second-order valence-electron chi connectivity index (χ2n) is 2.74. The normalized spacial score (nSPS) is 13.6. The number of aliphatic carboxylic acids is 1. The molecule has 0 aromatic heterocycles. The van der Waals surface area contributed by atoms with Gasteiger partial charge < -0.3 is 14.9 Å². The van der Waals surface area contributed by atoms with Gasteiger partial charge in [0.1, 0.15) is 0 Å². The molecule has 1 rings (SSSR count). The zero-order chi connectivity index (χ0) is 10.8. The third-order valence-electron chi connectivity index (χ3n) is 1.69. The van der Waals surface area contributed by atoms with Crippen LogP contribution in [-0.4, -0.2) is 20.9 Å². The van der Waals surface area contributed by atoms with E-state index >= 15 is 0 Å². The van der Waals surface area contributed by atoms with E-state index in [9.17, 15) is 9.36 Å². The van der Waals surface area contributed by atoms with Crippen LogP contribution in [0, 0.1) is 0 Å². The monoisotopic (exact) mass is 216 g/mol. The predicted molar refractivity (Wildman–Crippen MR) is 48.9 cm³/mol. The summed E-state index contributed by atoms with van der Waals surface area (Å²) in [4.78, 5) is 28.3. The van der Waals surface area contributed by atoms with Crippen molar-refractivity contribution < 1.29 is 24.3 Å². The van der Waals surface area contributed by atoms with Gasteiger partial charge in [0.05, 0.1) is 0 Å². The van der Waals surface area contributed by atoms with Gasteiger partial charge in [0.2, 0.25) is 0 Å². The van der Waals surface area contributed by atoms with Crippen LogP contribution in [0.3, 0.4) is 0 Å². The first-order valence-electron chi connectivity index (χ1n) is 3.76. The van der Waals surface area contributed by atoms with Gasteiger partial charge in [0.15, 0.2) is 5.66 Å². The van der Waals surface area contributed by atoms with Crippen LogP contribution >= 0.6 is 7.60 Å². The summed E-state index contributed by atoms with van der Waals surface area (Å²) in [6.45, 7) is 0. The Morgan fingerprint density at radius 1 is 1.21 bits per heavy atom. The van der Waals surface area contributed by atoms with E-state index in [1.54, 1.807) is 6.07 Å². The summed E-state index contributed by atoms with van der Waals surface area (Å²) in [7, 11) is -4.65. The molecule has 0 saturated carbocycles. The van der Waals surface area contributed by atoms with Crippen LogP contribution in [0.1, 0.15) is 11.2 Å². The number of hydrogen-bond acceptors (Lipinski definition) is 2. The van der Waals surface area contributed by atoms with Crippen LogP contribution in [0.25, 0.3) is 0 Å². The zero-order valence-corrected chi connectivity index (χ0v) is 7.96. The van der Waals surface area contributed by atoms with Gasteiger partial charge in [-0.2, -0.15) is 0 Å². The lowest BCUT2D eigenvalue weighted by Crippen LogP contribution is -2.11. The minimum atomic E-state index is -4.65. The van der Waals surface area contributed by atoms with Crippen molar-refractivity contribution in [3.8, 4) is 0 Å². The van der Waals surface area contributed by atoms with Gasteiger partial charge in [-0.3, -0.25) is 9.36 Å². The summed E-state index contributed by atoms with van der Waals surface area (Å²) in [5.74, 6) is -1.52. The summed E-state index contributed by atoms with van der Waals surface area (Å²) < 4.78 is 10.9. The summed E-state index contributed by atoms with van der Waals surface area (Å²) in [5, 5.41) is 8.67. The molecular formula is C8H9O5P. The Balaban J connectivity index is 3.15. The number of carboxylic acids is 1. The van der Waals surface area contributed by atoms with Crippen molar-refractivity contribution in [2.24, 2.45) is 0 Å². The summed E-state index contributed by atoms with van der Waals surface area (Å²) in [6, 6.07) is 7.44. The van der Waals surface area contributed by atoms with E-state index in [0.717, 1.165) is 0 Å². The van der Waals surface area contributed by atoms with Crippen molar-refractivity contribution in [3.05, 3.63) is 35.9 Å². The Morgan fingerprint density at radius 2 is 1.71 bits per heavy atom. The molecule has 0 aliphatic heterocycles. The maximum atomic E-state index is 10.9. The second kappa shape index (κ2) is 3.92. The van der Waals surface area contributed by atoms with E-state index in [1.165, 1.54) is 24.3 Å². The fraction of sp³-hybridized carbons (Fsp3) is 0.125. The van der Waals surface area contributed by atoms with E-state index in [2.05, 4.69) is 0 Å². The second-order valence-corrected chi connectivity index (χ2v) is 4.44. The van der Waals surface area contributed by atoms with Gasteiger partial charge >= 0.3 is 13.6 Å². The molecule has 0 aliphatic rings. The zero-order valence-electron chi connectivity index (χ0n) is 7.07. The summed E-state index contributed by atoms with van der Waals surface area (Å²) in [6.07, 6.45) is 0. The Morgan fingerprint density at radius 3 is 2.07 bits per heavy atom. The quantitative estimate of drug-likeness (QED) is 0.655. The molecule has 5 nitrogen and oxygen atoms in total. The molecule has 3 N–H and O–H groups in total. The van der Waals surface area contributed by atoms with E-state index in [1.807, 2.05) is 0 Å².